The zero-order valence-electron chi connectivity index (χ0n) is 3.88. The van der Waals surface area contributed by atoms with Gasteiger partial charge in [0.05, 0.1) is 6.07 Å². The molecule has 0 saturated heterocycles. The fourth-order valence-electron chi connectivity index (χ4n) is 0.108. The van der Waals surface area contributed by atoms with Crippen molar-refractivity contribution in [3.8, 4) is 6.07 Å². The van der Waals surface area contributed by atoms with Crippen LogP contribution in [0.3, 0.4) is 0 Å². The summed E-state index contributed by atoms with van der Waals surface area (Å²) in [6.07, 6.45) is 1.27. The minimum Gasteiger partial charge on any atom is -0.211 e. The molecule has 0 bridgehead atoms. The third-order valence-corrected chi connectivity index (χ3v) is 0.433. The summed E-state index contributed by atoms with van der Waals surface area (Å²) in [5.41, 5.74) is 0. The average Bonchev–Trinajstić information content (AvgIpc) is 1.68. The molecular formula is C4H4N2O. The summed E-state index contributed by atoms with van der Waals surface area (Å²) in [5, 5.41) is 7.94. The van der Waals surface area contributed by atoms with E-state index in [9.17, 15) is 4.79 Å². The number of hydrogen-bond acceptors (Lipinski definition) is 3. The highest BCUT2D eigenvalue weighted by molar-refractivity contribution is 5.34. The number of hydrogen-bond donors (Lipinski definition) is 0. The Morgan fingerprint density at radius 3 is 2.57 bits per heavy atom. The van der Waals surface area contributed by atoms with Crippen molar-refractivity contribution >= 4 is 6.08 Å². The van der Waals surface area contributed by atoms with E-state index in [1.54, 1.807) is 6.07 Å². The average molecular weight is 96.1 g/mol. The highest BCUT2D eigenvalue weighted by Gasteiger charge is 1.88. The molecule has 0 fully saturated rings. The zero-order valence-corrected chi connectivity index (χ0v) is 3.88. The van der Waals surface area contributed by atoms with Crippen LogP contribution >= 0.6 is 0 Å². The van der Waals surface area contributed by atoms with Crippen LogP contribution in [0, 0.1) is 11.3 Å². The Morgan fingerprint density at radius 2 is 2.43 bits per heavy atom. The number of carbonyl (C=O) groups excluding carboxylic acids is 1. The van der Waals surface area contributed by atoms with Gasteiger partial charge in [0.1, 0.15) is 6.04 Å². The van der Waals surface area contributed by atoms with E-state index < -0.39 is 6.04 Å². The highest BCUT2D eigenvalue weighted by Crippen LogP contribution is 1.79. The summed E-state index contributed by atoms with van der Waals surface area (Å²) in [6.45, 7) is 1.52. The molecular weight excluding hydrogens is 92.1 g/mol. The largest absolute Gasteiger partial charge is 0.236 e. The lowest BCUT2D eigenvalue weighted by Gasteiger charge is -1.79. The molecule has 0 heterocycles. The van der Waals surface area contributed by atoms with Crippen molar-refractivity contribution in [3.63, 3.8) is 0 Å². The fraction of sp³-hybridized carbons (Fsp3) is 0.500. The molecule has 0 saturated carbocycles. The number of aliphatic imine (C=N–C) groups is 1. The molecule has 0 aromatic carbocycles. The molecule has 0 aromatic rings. The predicted octanol–water partition coefficient (Wildman–Crippen LogP) is 0.234. The lowest BCUT2D eigenvalue weighted by atomic mass is 10.4. The van der Waals surface area contributed by atoms with E-state index >= 15 is 0 Å². The first-order valence-electron chi connectivity index (χ1n) is 1.78. The van der Waals surface area contributed by atoms with Gasteiger partial charge in [-0.15, -0.1) is 0 Å². The molecule has 1 unspecified atom stereocenters. The van der Waals surface area contributed by atoms with Crippen LogP contribution in [-0.2, 0) is 4.79 Å². The van der Waals surface area contributed by atoms with Crippen LogP contribution in [0.25, 0.3) is 0 Å². The normalized spacial score (nSPS) is 10.9. The maximum Gasteiger partial charge on any atom is 0.236 e. The molecule has 0 radical (unpaired) electrons. The van der Waals surface area contributed by atoms with Gasteiger partial charge in [-0.1, -0.05) is 0 Å². The van der Waals surface area contributed by atoms with Crippen LogP contribution in [0.5, 0.6) is 0 Å². The SMILES string of the molecule is CC(C#N)N=C=O. The van der Waals surface area contributed by atoms with E-state index in [2.05, 4.69) is 4.99 Å². The van der Waals surface area contributed by atoms with Gasteiger partial charge in [-0.2, -0.15) is 10.3 Å². The van der Waals surface area contributed by atoms with Crippen molar-refractivity contribution in [3.05, 3.63) is 0 Å². The molecule has 7 heavy (non-hydrogen) atoms. The van der Waals surface area contributed by atoms with E-state index in [4.69, 9.17) is 5.26 Å². The van der Waals surface area contributed by atoms with Crippen molar-refractivity contribution in [1.29, 1.82) is 5.26 Å². The van der Waals surface area contributed by atoms with Crippen LogP contribution in [0.4, 0.5) is 0 Å². The second-order valence-corrected chi connectivity index (χ2v) is 1.03. The third kappa shape index (κ3) is 2.68. The van der Waals surface area contributed by atoms with Crippen molar-refractivity contribution in [2.75, 3.05) is 0 Å². The summed E-state index contributed by atoms with van der Waals surface area (Å²) in [4.78, 5) is 12.4. The molecule has 36 valence electrons. The van der Waals surface area contributed by atoms with Crippen LogP contribution in [0.1, 0.15) is 6.92 Å². The Hall–Kier alpha value is -1.13. The maximum atomic E-state index is 9.33. The number of nitriles is 1. The lowest BCUT2D eigenvalue weighted by molar-refractivity contribution is 0.562. The van der Waals surface area contributed by atoms with E-state index in [0.717, 1.165) is 0 Å². The first kappa shape index (κ1) is 5.87. The van der Waals surface area contributed by atoms with E-state index in [-0.39, 0.29) is 0 Å². The Labute approximate surface area is 41.3 Å². The van der Waals surface area contributed by atoms with Crippen molar-refractivity contribution in [2.45, 2.75) is 13.0 Å². The molecule has 0 spiro atoms. The van der Waals surface area contributed by atoms with E-state index in [1.807, 2.05) is 0 Å². The first-order chi connectivity index (χ1) is 3.31. The number of isocyanates is 1. The zero-order chi connectivity index (χ0) is 5.70. The van der Waals surface area contributed by atoms with Gasteiger partial charge in [0.15, 0.2) is 0 Å². The molecule has 0 aliphatic rings. The predicted molar refractivity (Wildman–Crippen MR) is 23.2 cm³/mol. The third-order valence-electron chi connectivity index (χ3n) is 0.433. The van der Waals surface area contributed by atoms with Crippen molar-refractivity contribution in [1.82, 2.24) is 0 Å². The molecule has 0 aliphatic heterocycles. The Balaban J connectivity index is 3.64. The van der Waals surface area contributed by atoms with E-state index in [0.29, 0.717) is 0 Å². The quantitative estimate of drug-likeness (QED) is 0.346. The van der Waals surface area contributed by atoms with Gasteiger partial charge in [0.2, 0.25) is 6.08 Å². The smallest absolute Gasteiger partial charge is 0.211 e. The molecule has 0 rings (SSSR count). The second kappa shape index (κ2) is 3.08. The monoisotopic (exact) mass is 96.0 g/mol. The van der Waals surface area contributed by atoms with Gasteiger partial charge in [0, 0.05) is 0 Å². The molecule has 0 aromatic heterocycles. The molecule has 0 N–H and O–H groups in total. The van der Waals surface area contributed by atoms with Crippen LogP contribution in [0.2, 0.25) is 0 Å². The number of rotatable bonds is 1. The topological polar surface area (TPSA) is 53.2 Å². The summed E-state index contributed by atoms with van der Waals surface area (Å²) < 4.78 is 0. The Bertz CT molecular complexity index is 129. The summed E-state index contributed by atoms with van der Waals surface area (Å²) in [7, 11) is 0. The van der Waals surface area contributed by atoms with Crippen LogP contribution < -0.4 is 0 Å². The first-order valence-corrected chi connectivity index (χ1v) is 1.78. The maximum absolute atomic E-state index is 9.33. The van der Waals surface area contributed by atoms with Gasteiger partial charge in [-0.05, 0) is 6.92 Å². The summed E-state index contributed by atoms with van der Waals surface area (Å²) in [5.74, 6) is 0. The minimum absolute atomic E-state index is 0.544. The lowest BCUT2D eigenvalue weighted by Crippen LogP contribution is -1.88. The van der Waals surface area contributed by atoms with Gasteiger partial charge >= 0.3 is 0 Å². The summed E-state index contributed by atoms with van der Waals surface area (Å²) >= 11 is 0. The second-order valence-electron chi connectivity index (χ2n) is 1.03. The van der Waals surface area contributed by atoms with Gasteiger partial charge in [-0.25, -0.2) is 4.79 Å². The standard InChI is InChI=1S/C4H4N2O/c1-4(2-5)6-3-7/h4H,1H3. The van der Waals surface area contributed by atoms with Crippen molar-refractivity contribution in [2.24, 2.45) is 4.99 Å². The van der Waals surface area contributed by atoms with Gasteiger partial charge in [0.25, 0.3) is 0 Å². The highest BCUT2D eigenvalue weighted by atomic mass is 16.1. The van der Waals surface area contributed by atoms with Crippen LogP contribution in [0.15, 0.2) is 4.99 Å². The van der Waals surface area contributed by atoms with Crippen molar-refractivity contribution < 1.29 is 4.79 Å². The summed E-state index contributed by atoms with van der Waals surface area (Å²) in [6, 6.07) is 1.19. The van der Waals surface area contributed by atoms with Crippen LogP contribution in [-0.4, -0.2) is 12.1 Å². The number of nitrogens with zero attached hydrogens (tertiary/aromatic N) is 2. The fourth-order valence-corrected chi connectivity index (χ4v) is 0.108. The van der Waals surface area contributed by atoms with Gasteiger partial charge in [-0.3, -0.25) is 0 Å². The van der Waals surface area contributed by atoms with Gasteiger partial charge < -0.3 is 0 Å². The van der Waals surface area contributed by atoms with E-state index in [1.165, 1.54) is 13.0 Å². The molecule has 0 aliphatic carbocycles. The minimum atomic E-state index is -0.544. The molecule has 0 amide bonds. The molecule has 3 heteroatoms. The molecule has 3 nitrogen and oxygen atoms in total. The Kier molecular flexibility index (Phi) is 2.58. The Morgan fingerprint density at radius 1 is 1.86 bits per heavy atom. The molecule has 1 atom stereocenters.